The van der Waals surface area contributed by atoms with Crippen LogP contribution < -0.4 is 9.80 Å². The number of aryl methyl sites for hydroxylation is 3. The summed E-state index contributed by atoms with van der Waals surface area (Å²) in [6.07, 6.45) is 3.43. The quantitative estimate of drug-likeness (QED) is 0.313. The van der Waals surface area contributed by atoms with E-state index in [1.54, 1.807) is 6.07 Å². The Balaban J connectivity index is 1.46. The van der Waals surface area contributed by atoms with Gasteiger partial charge in [-0.1, -0.05) is 24.3 Å². The molecule has 0 aliphatic carbocycles. The largest absolute Gasteiger partial charge is 0.477 e. The number of anilines is 2. The van der Waals surface area contributed by atoms with Gasteiger partial charge in [-0.25, -0.2) is 19.7 Å². The van der Waals surface area contributed by atoms with Gasteiger partial charge in [0, 0.05) is 57.4 Å². The highest BCUT2D eigenvalue weighted by Gasteiger charge is 2.20. The van der Waals surface area contributed by atoms with E-state index in [1.807, 2.05) is 74.9 Å². The van der Waals surface area contributed by atoms with Gasteiger partial charge in [0.2, 0.25) is 0 Å². The predicted octanol–water partition coefficient (Wildman–Crippen LogP) is 5.18. The monoisotopic (exact) mass is 521 g/mol. The van der Waals surface area contributed by atoms with Crippen molar-refractivity contribution in [1.82, 2.24) is 24.6 Å². The van der Waals surface area contributed by atoms with Crippen LogP contribution in [0.3, 0.4) is 0 Å². The van der Waals surface area contributed by atoms with Crippen molar-refractivity contribution >= 4 is 23.3 Å². The van der Waals surface area contributed by atoms with Crippen LogP contribution in [0.1, 0.15) is 33.0 Å². The second kappa shape index (κ2) is 10.2. The fourth-order valence-corrected chi connectivity index (χ4v) is 4.74. The Bertz CT molecular complexity index is 1690. The van der Waals surface area contributed by atoms with E-state index in [0.717, 1.165) is 62.1 Å². The molecule has 4 aromatic heterocycles. The first-order valence-electron chi connectivity index (χ1n) is 12.6. The van der Waals surface area contributed by atoms with Crippen LogP contribution in [-0.2, 0) is 6.54 Å². The van der Waals surface area contributed by atoms with E-state index in [2.05, 4.69) is 40.0 Å². The number of nitrogens with zero attached hydrogens (tertiary/aromatic N) is 7. The Morgan fingerprint density at radius 1 is 0.949 bits per heavy atom. The van der Waals surface area contributed by atoms with Crippen LogP contribution in [0.15, 0.2) is 60.9 Å². The molecule has 0 fully saturated rings. The molecular formula is C30H31N7O2. The van der Waals surface area contributed by atoms with E-state index in [0.29, 0.717) is 6.54 Å². The standard InChI is InChI=1S/C30H31N7O2/c1-18-13-26(35(4)5)32-16-24(18)28-20(3)34-37-27(14-19(2)33-29(28)37)36(6)17-21-7-9-22(10-8-21)23-11-12-31-25(15-23)30(38)39/h7-16H,17H2,1-6H3,(H,38,39). The summed E-state index contributed by atoms with van der Waals surface area (Å²) >= 11 is 0. The minimum Gasteiger partial charge on any atom is -0.477 e. The number of carbonyl (C=O) groups is 1. The van der Waals surface area contributed by atoms with E-state index in [4.69, 9.17) is 10.1 Å². The van der Waals surface area contributed by atoms with Gasteiger partial charge >= 0.3 is 5.97 Å². The summed E-state index contributed by atoms with van der Waals surface area (Å²) in [7, 11) is 6.01. The fourth-order valence-electron chi connectivity index (χ4n) is 4.74. The molecule has 0 aliphatic rings. The molecule has 0 unspecified atom stereocenters. The van der Waals surface area contributed by atoms with Gasteiger partial charge in [0.15, 0.2) is 5.65 Å². The highest BCUT2D eigenvalue weighted by Crippen LogP contribution is 2.33. The van der Waals surface area contributed by atoms with Crippen molar-refractivity contribution in [2.75, 3.05) is 30.9 Å². The Morgan fingerprint density at radius 3 is 2.36 bits per heavy atom. The molecule has 0 saturated carbocycles. The van der Waals surface area contributed by atoms with Crippen LogP contribution in [0.2, 0.25) is 0 Å². The number of carboxylic acids is 1. The molecule has 5 rings (SSSR count). The fraction of sp³-hybridized carbons (Fsp3) is 0.233. The van der Waals surface area contributed by atoms with Gasteiger partial charge in [0.25, 0.3) is 0 Å². The third-order valence-electron chi connectivity index (χ3n) is 6.77. The van der Waals surface area contributed by atoms with Gasteiger partial charge in [0.1, 0.15) is 17.3 Å². The van der Waals surface area contributed by atoms with Crippen molar-refractivity contribution < 1.29 is 9.90 Å². The van der Waals surface area contributed by atoms with Crippen LogP contribution in [0.4, 0.5) is 11.6 Å². The lowest BCUT2D eigenvalue weighted by Gasteiger charge is -2.21. The molecule has 0 spiro atoms. The second-order valence-corrected chi connectivity index (χ2v) is 9.99. The van der Waals surface area contributed by atoms with Crippen LogP contribution in [0.25, 0.3) is 27.9 Å². The number of benzene rings is 1. The minimum atomic E-state index is -1.04. The molecule has 39 heavy (non-hydrogen) atoms. The maximum absolute atomic E-state index is 11.3. The molecule has 0 atom stereocenters. The van der Waals surface area contributed by atoms with Crippen LogP contribution in [0.5, 0.6) is 0 Å². The Kier molecular flexibility index (Phi) is 6.74. The van der Waals surface area contributed by atoms with Crippen molar-refractivity contribution in [3.63, 3.8) is 0 Å². The van der Waals surface area contributed by atoms with Crippen LogP contribution in [0, 0.1) is 20.8 Å². The van der Waals surface area contributed by atoms with Crippen molar-refractivity contribution in [3.05, 3.63) is 89.1 Å². The lowest BCUT2D eigenvalue weighted by Crippen LogP contribution is -2.20. The summed E-state index contributed by atoms with van der Waals surface area (Å²) in [6, 6.07) is 15.6. The van der Waals surface area contributed by atoms with Gasteiger partial charge < -0.3 is 14.9 Å². The molecule has 0 saturated heterocycles. The third-order valence-corrected chi connectivity index (χ3v) is 6.77. The number of aromatic carboxylic acids is 1. The lowest BCUT2D eigenvalue weighted by atomic mass is 10.0. The van der Waals surface area contributed by atoms with E-state index in [-0.39, 0.29) is 5.69 Å². The summed E-state index contributed by atoms with van der Waals surface area (Å²) in [5.41, 5.74) is 8.64. The number of hydrogen-bond acceptors (Lipinski definition) is 7. The first-order valence-corrected chi connectivity index (χ1v) is 12.6. The molecule has 4 heterocycles. The molecule has 0 aliphatic heterocycles. The van der Waals surface area contributed by atoms with E-state index in [9.17, 15) is 9.90 Å². The molecule has 1 aromatic carbocycles. The van der Waals surface area contributed by atoms with Gasteiger partial charge in [-0.05, 0) is 61.2 Å². The number of carboxylic acid groups (broad SMARTS) is 1. The topological polar surface area (TPSA) is 99.8 Å². The average molecular weight is 522 g/mol. The van der Waals surface area contributed by atoms with Crippen molar-refractivity contribution in [1.29, 1.82) is 0 Å². The first kappa shape index (κ1) is 25.8. The Labute approximate surface area is 227 Å². The van der Waals surface area contributed by atoms with E-state index < -0.39 is 5.97 Å². The average Bonchev–Trinajstić information content (AvgIpc) is 3.23. The third kappa shape index (κ3) is 5.03. The molecular weight excluding hydrogens is 490 g/mol. The SMILES string of the molecule is Cc1cc(N(C)Cc2ccc(-c3ccnc(C(=O)O)c3)cc2)n2nc(C)c(-c3cnc(N(C)C)cc3C)c2n1. The summed E-state index contributed by atoms with van der Waals surface area (Å²) in [4.78, 5) is 28.9. The van der Waals surface area contributed by atoms with Gasteiger partial charge in [-0.3, -0.25) is 0 Å². The van der Waals surface area contributed by atoms with Gasteiger partial charge in [-0.15, -0.1) is 0 Å². The zero-order valence-electron chi connectivity index (χ0n) is 23.0. The molecule has 0 amide bonds. The summed E-state index contributed by atoms with van der Waals surface area (Å²) in [5.74, 6) is 0.807. The normalized spacial score (nSPS) is 11.1. The van der Waals surface area contributed by atoms with Gasteiger partial charge in [0.05, 0.1) is 11.3 Å². The zero-order valence-corrected chi connectivity index (χ0v) is 23.0. The minimum absolute atomic E-state index is 0.0295. The smallest absolute Gasteiger partial charge is 0.354 e. The highest BCUT2D eigenvalue weighted by molar-refractivity contribution is 5.87. The lowest BCUT2D eigenvalue weighted by molar-refractivity contribution is 0.0690. The summed E-state index contributed by atoms with van der Waals surface area (Å²) < 4.78 is 1.91. The van der Waals surface area contributed by atoms with Crippen LogP contribution in [-0.4, -0.2) is 56.8 Å². The van der Waals surface area contributed by atoms with Crippen molar-refractivity contribution in [3.8, 4) is 22.3 Å². The molecule has 9 heteroatoms. The summed E-state index contributed by atoms with van der Waals surface area (Å²) in [5, 5.41) is 14.1. The molecule has 0 bridgehead atoms. The first-order chi connectivity index (χ1) is 18.6. The van der Waals surface area contributed by atoms with E-state index >= 15 is 0 Å². The maximum atomic E-state index is 11.3. The molecule has 0 radical (unpaired) electrons. The Hall–Kier alpha value is -4.79. The number of rotatable bonds is 7. The van der Waals surface area contributed by atoms with Crippen molar-refractivity contribution in [2.24, 2.45) is 0 Å². The van der Waals surface area contributed by atoms with Crippen LogP contribution >= 0.6 is 0 Å². The molecule has 1 N–H and O–H groups in total. The predicted molar refractivity (Wildman–Crippen MR) is 153 cm³/mol. The summed E-state index contributed by atoms with van der Waals surface area (Å²) in [6.45, 7) is 6.75. The number of pyridine rings is 2. The molecule has 5 aromatic rings. The van der Waals surface area contributed by atoms with Crippen molar-refractivity contribution in [2.45, 2.75) is 27.3 Å². The van der Waals surface area contributed by atoms with Gasteiger partial charge in [-0.2, -0.15) is 9.61 Å². The highest BCUT2D eigenvalue weighted by atomic mass is 16.4. The zero-order chi connectivity index (χ0) is 27.8. The second-order valence-electron chi connectivity index (χ2n) is 9.99. The Morgan fingerprint density at radius 2 is 1.69 bits per heavy atom. The number of aromatic nitrogens is 5. The van der Waals surface area contributed by atoms with E-state index in [1.165, 1.54) is 6.20 Å². The number of hydrogen-bond donors (Lipinski definition) is 1. The molecule has 9 nitrogen and oxygen atoms in total. The molecule has 198 valence electrons. The number of fused-ring (bicyclic) bond motifs is 1. The maximum Gasteiger partial charge on any atom is 0.354 e.